The van der Waals surface area contributed by atoms with Crippen LogP contribution in [0.1, 0.15) is 17.7 Å². The van der Waals surface area contributed by atoms with Crippen LogP contribution >= 0.6 is 22.9 Å². The number of nitrogens with zero attached hydrogens (tertiary/aromatic N) is 2. The fraction of sp³-hybridized carbons (Fsp3) is 0.545. The first kappa shape index (κ1) is 10.9. The summed E-state index contributed by atoms with van der Waals surface area (Å²) >= 11 is 7.51. The van der Waals surface area contributed by atoms with E-state index < -0.39 is 0 Å². The quantitative estimate of drug-likeness (QED) is 0.794. The van der Waals surface area contributed by atoms with Gasteiger partial charge >= 0.3 is 0 Å². The Morgan fingerprint density at radius 1 is 1.60 bits per heavy atom. The van der Waals surface area contributed by atoms with Gasteiger partial charge in [0.1, 0.15) is 0 Å². The summed E-state index contributed by atoms with van der Waals surface area (Å²) in [6.07, 6.45) is 2.19. The highest BCUT2D eigenvalue weighted by Gasteiger charge is 2.19. The van der Waals surface area contributed by atoms with Crippen LogP contribution < -0.4 is 0 Å². The zero-order chi connectivity index (χ0) is 10.7. The van der Waals surface area contributed by atoms with Crippen LogP contribution in [-0.4, -0.2) is 18.0 Å². The number of thiophene rings is 1. The minimum Gasteiger partial charge on any atom is -0.297 e. The van der Waals surface area contributed by atoms with Gasteiger partial charge in [-0.1, -0.05) is 11.6 Å². The third kappa shape index (κ3) is 2.94. The summed E-state index contributed by atoms with van der Waals surface area (Å²) in [6, 6.07) is 6.37. The van der Waals surface area contributed by atoms with Crippen molar-refractivity contribution in [2.75, 3.05) is 13.1 Å². The molecule has 0 bridgehead atoms. The van der Waals surface area contributed by atoms with Crippen LogP contribution in [0.5, 0.6) is 0 Å². The SMILES string of the molecule is N#CC1CCCN(Cc2ccc(Cl)s2)C1. The lowest BCUT2D eigenvalue weighted by atomic mass is 10.00. The topological polar surface area (TPSA) is 27.0 Å². The fourth-order valence-electron chi connectivity index (χ4n) is 1.96. The molecule has 15 heavy (non-hydrogen) atoms. The van der Waals surface area contributed by atoms with Gasteiger partial charge in [-0.15, -0.1) is 11.3 Å². The van der Waals surface area contributed by atoms with Crippen molar-refractivity contribution < 1.29 is 0 Å². The zero-order valence-corrected chi connectivity index (χ0v) is 10.0. The normalized spacial score (nSPS) is 22.5. The van der Waals surface area contributed by atoms with E-state index in [0.29, 0.717) is 0 Å². The molecule has 2 heterocycles. The molecule has 1 atom stereocenters. The third-order valence-corrected chi connectivity index (χ3v) is 3.91. The molecular formula is C11H13ClN2S. The molecule has 0 spiro atoms. The number of halogens is 1. The molecule has 0 amide bonds. The van der Waals surface area contributed by atoms with E-state index in [4.69, 9.17) is 16.9 Å². The molecule has 1 aromatic rings. The van der Waals surface area contributed by atoms with Gasteiger partial charge in [-0.25, -0.2) is 0 Å². The summed E-state index contributed by atoms with van der Waals surface area (Å²) in [4.78, 5) is 3.64. The Labute approximate surface area is 99.1 Å². The van der Waals surface area contributed by atoms with Crippen molar-refractivity contribution in [3.8, 4) is 6.07 Å². The number of nitriles is 1. The lowest BCUT2D eigenvalue weighted by molar-refractivity contribution is 0.193. The molecule has 80 valence electrons. The molecule has 2 nitrogen and oxygen atoms in total. The van der Waals surface area contributed by atoms with Crippen molar-refractivity contribution in [2.24, 2.45) is 5.92 Å². The molecule has 0 aromatic carbocycles. The molecule has 0 aliphatic carbocycles. The molecule has 1 unspecified atom stereocenters. The van der Waals surface area contributed by atoms with Crippen LogP contribution in [-0.2, 0) is 6.54 Å². The summed E-state index contributed by atoms with van der Waals surface area (Å²) in [6.45, 7) is 2.95. The van der Waals surface area contributed by atoms with Crippen molar-refractivity contribution >= 4 is 22.9 Å². The molecule has 0 N–H and O–H groups in total. The molecule has 0 saturated carbocycles. The molecule has 2 rings (SSSR count). The highest BCUT2D eigenvalue weighted by atomic mass is 35.5. The van der Waals surface area contributed by atoms with Gasteiger partial charge in [0, 0.05) is 18.0 Å². The smallest absolute Gasteiger partial charge is 0.0931 e. The highest BCUT2D eigenvalue weighted by Crippen LogP contribution is 2.24. The van der Waals surface area contributed by atoms with Crippen LogP contribution in [0.25, 0.3) is 0 Å². The van der Waals surface area contributed by atoms with Gasteiger partial charge in [0.15, 0.2) is 0 Å². The fourth-order valence-corrected chi connectivity index (χ4v) is 3.09. The van der Waals surface area contributed by atoms with E-state index in [2.05, 4.69) is 17.0 Å². The van der Waals surface area contributed by atoms with Crippen molar-refractivity contribution in [1.82, 2.24) is 4.90 Å². The molecule has 1 aliphatic rings. The van der Waals surface area contributed by atoms with Crippen molar-refractivity contribution in [3.63, 3.8) is 0 Å². The molecule has 1 aliphatic heterocycles. The highest BCUT2D eigenvalue weighted by molar-refractivity contribution is 7.16. The lowest BCUT2D eigenvalue weighted by Gasteiger charge is -2.28. The maximum atomic E-state index is 8.88. The van der Waals surface area contributed by atoms with Gasteiger partial charge in [-0.3, -0.25) is 4.90 Å². The van der Waals surface area contributed by atoms with Gasteiger partial charge in [-0.05, 0) is 31.5 Å². The van der Waals surface area contributed by atoms with Crippen LogP contribution in [0.4, 0.5) is 0 Å². The Hall–Kier alpha value is -0.560. The molecule has 4 heteroatoms. The Balaban J connectivity index is 1.92. The molecule has 1 aromatic heterocycles. The number of hydrogen-bond donors (Lipinski definition) is 0. The standard InChI is InChI=1S/C11H13ClN2S/c12-11-4-3-10(15-11)8-14-5-1-2-9(6-13)7-14/h3-4,9H,1-2,5,7-8H2. The number of rotatable bonds is 2. The van der Waals surface area contributed by atoms with E-state index in [1.165, 1.54) is 4.88 Å². The van der Waals surface area contributed by atoms with Crippen LogP contribution in [0.15, 0.2) is 12.1 Å². The Kier molecular flexibility index (Phi) is 3.63. The second-order valence-electron chi connectivity index (χ2n) is 3.91. The second kappa shape index (κ2) is 4.98. The largest absolute Gasteiger partial charge is 0.297 e. The Bertz CT molecular complexity index is 369. The first-order chi connectivity index (χ1) is 7.28. The molecule has 1 saturated heterocycles. The van der Waals surface area contributed by atoms with E-state index >= 15 is 0 Å². The van der Waals surface area contributed by atoms with Gasteiger partial charge in [0.05, 0.1) is 16.3 Å². The summed E-state index contributed by atoms with van der Waals surface area (Å²) < 4.78 is 0.846. The monoisotopic (exact) mass is 240 g/mol. The van der Waals surface area contributed by atoms with Gasteiger partial charge in [-0.2, -0.15) is 5.26 Å². The van der Waals surface area contributed by atoms with Crippen molar-refractivity contribution in [1.29, 1.82) is 5.26 Å². The Morgan fingerprint density at radius 3 is 3.13 bits per heavy atom. The minimum atomic E-state index is 0.217. The van der Waals surface area contributed by atoms with E-state index in [1.54, 1.807) is 11.3 Å². The number of likely N-dealkylation sites (tertiary alicyclic amines) is 1. The van der Waals surface area contributed by atoms with E-state index in [-0.39, 0.29) is 5.92 Å². The first-order valence-electron chi connectivity index (χ1n) is 5.14. The average molecular weight is 241 g/mol. The predicted octanol–water partition coefficient (Wildman–Crippen LogP) is 3.14. The van der Waals surface area contributed by atoms with Gasteiger partial charge in [0.25, 0.3) is 0 Å². The maximum Gasteiger partial charge on any atom is 0.0931 e. The number of hydrogen-bond acceptors (Lipinski definition) is 3. The molecule has 0 radical (unpaired) electrons. The third-order valence-electron chi connectivity index (χ3n) is 2.70. The van der Waals surface area contributed by atoms with Gasteiger partial charge in [0.2, 0.25) is 0 Å². The van der Waals surface area contributed by atoms with E-state index in [9.17, 15) is 0 Å². The van der Waals surface area contributed by atoms with Crippen molar-refractivity contribution in [2.45, 2.75) is 19.4 Å². The lowest BCUT2D eigenvalue weighted by Crippen LogP contribution is -2.34. The van der Waals surface area contributed by atoms with Gasteiger partial charge < -0.3 is 0 Å². The summed E-state index contributed by atoms with van der Waals surface area (Å²) in [5.41, 5.74) is 0. The summed E-state index contributed by atoms with van der Waals surface area (Å²) in [5.74, 6) is 0.217. The first-order valence-corrected chi connectivity index (χ1v) is 6.33. The molecule has 1 fully saturated rings. The minimum absolute atomic E-state index is 0.217. The summed E-state index contributed by atoms with van der Waals surface area (Å²) in [7, 11) is 0. The Morgan fingerprint density at radius 2 is 2.47 bits per heavy atom. The average Bonchev–Trinajstić information content (AvgIpc) is 2.64. The van der Waals surface area contributed by atoms with Crippen molar-refractivity contribution in [3.05, 3.63) is 21.3 Å². The predicted molar refractivity (Wildman–Crippen MR) is 62.9 cm³/mol. The van der Waals surface area contributed by atoms with E-state index in [1.807, 2.05) is 6.07 Å². The second-order valence-corrected chi connectivity index (χ2v) is 5.71. The summed E-state index contributed by atoms with van der Waals surface area (Å²) in [5, 5.41) is 8.88. The maximum absolute atomic E-state index is 8.88. The number of piperidine rings is 1. The van der Waals surface area contributed by atoms with Crippen LogP contribution in [0.2, 0.25) is 4.34 Å². The van der Waals surface area contributed by atoms with Crippen LogP contribution in [0.3, 0.4) is 0 Å². The van der Waals surface area contributed by atoms with E-state index in [0.717, 1.165) is 36.8 Å². The van der Waals surface area contributed by atoms with Crippen LogP contribution in [0, 0.1) is 17.2 Å². The molecular weight excluding hydrogens is 228 g/mol. The zero-order valence-electron chi connectivity index (χ0n) is 8.45.